The van der Waals surface area contributed by atoms with Crippen LogP contribution < -0.4 is 16.0 Å². The van der Waals surface area contributed by atoms with E-state index in [1.807, 2.05) is 20.8 Å². The summed E-state index contributed by atoms with van der Waals surface area (Å²) in [5.74, 6) is -9.05. The largest absolute Gasteiger partial charge is 0.417 e. The number of carbonyl (C=O) groups is 12. The number of fused-ring (bicyclic) bond motifs is 1. The van der Waals surface area contributed by atoms with Gasteiger partial charge in [-0.25, -0.2) is 0 Å². The Morgan fingerprint density at radius 2 is 1.22 bits per heavy atom. The van der Waals surface area contributed by atoms with Crippen LogP contribution in [0.1, 0.15) is 167 Å². The number of amides is 12. The van der Waals surface area contributed by atoms with Gasteiger partial charge in [0.1, 0.15) is 47.8 Å². The van der Waals surface area contributed by atoms with Crippen molar-refractivity contribution < 1.29 is 70.7 Å². The van der Waals surface area contributed by atoms with Gasteiger partial charge < -0.3 is 60.0 Å². The van der Waals surface area contributed by atoms with Crippen LogP contribution >= 0.6 is 11.6 Å². The van der Waals surface area contributed by atoms with E-state index in [1.54, 1.807) is 11.8 Å². The SMILES string of the molecule is CC[C@H](C)[C@@H]1NC(=O)[C@H](CC(C)C)N(C)C(=O)C[C@@H](C(=O)N2CCCCC2)N(C)C(=O)[C@H](C2CCCCC2)N(C)C(=O)C2(CCCC2)NC(=O)C2CCCN2C(=O)[C@H](CCc2ccc(C(F)(F)F)c(Cl)c2)NC(=O)CN(C)C(=O)[C@H](C2CC2)N(C)C(=O)CN(C)C(=O)CN(C)C1=O. The van der Waals surface area contributed by atoms with Gasteiger partial charge in [-0.1, -0.05) is 83.9 Å². The van der Waals surface area contributed by atoms with Gasteiger partial charge in [0.15, 0.2) is 0 Å². The molecule has 0 bridgehead atoms. The van der Waals surface area contributed by atoms with Crippen molar-refractivity contribution in [1.82, 2.24) is 60.0 Å². The Labute approximate surface area is 574 Å². The molecule has 12 amide bonds. The van der Waals surface area contributed by atoms with Crippen LogP contribution in [0.4, 0.5) is 13.2 Å². The van der Waals surface area contributed by atoms with Gasteiger partial charge in [0.25, 0.3) is 0 Å². The minimum Gasteiger partial charge on any atom is -0.343 e. The molecule has 0 aromatic heterocycles. The molecule has 3 heterocycles. The minimum atomic E-state index is -4.75. The maximum absolute atomic E-state index is 15.8. The number of alkyl halides is 3. The topological polar surface area (TPSA) is 270 Å². The van der Waals surface area contributed by atoms with E-state index in [2.05, 4.69) is 16.0 Å². The maximum atomic E-state index is 15.8. The van der Waals surface area contributed by atoms with Crippen molar-refractivity contribution in [1.29, 1.82) is 0 Å². The summed E-state index contributed by atoms with van der Waals surface area (Å²) in [7, 11) is 9.93. The molecule has 3 saturated carbocycles. The van der Waals surface area contributed by atoms with E-state index in [9.17, 15) is 41.9 Å². The molecule has 28 heteroatoms. The average Bonchev–Trinajstić information content (AvgIpc) is 1.75. The van der Waals surface area contributed by atoms with Gasteiger partial charge in [-0.3, -0.25) is 57.5 Å². The molecule has 1 unspecified atom stereocenters. The van der Waals surface area contributed by atoms with Crippen molar-refractivity contribution in [3.63, 3.8) is 0 Å². The van der Waals surface area contributed by atoms with Gasteiger partial charge in [0.05, 0.1) is 36.6 Å². The number of likely N-dealkylation sites (tertiary alicyclic amines) is 1. The number of piperidine rings is 1. The van der Waals surface area contributed by atoms with Gasteiger partial charge in [0.2, 0.25) is 70.9 Å². The fourth-order valence-electron chi connectivity index (χ4n) is 14.7. The number of benzene rings is 1. The number of halogens is 4. The number of hydrogen-bond donors (Lipinski definition) is 3. The normalized spacial score (nSPS) is 27.0. The number of nitrogens with one attached hydrogen (secondary N) is 3. The summed E-state index contributed by atoms with van der Waals surface area (Å²) in [5.41, 5.74) is -2.34. The van der Waals surface area contributed by atoms with Crippen LogP contribution in [-0.4, -0.2) is 251 Å². The van der Waals surface area contributed by atoms with Gasteiger partial charge in [0, 0.05) is 69.0 Å². The predicted octanol–water partition coefficient (Wildman–Crippen LogP) is 4.86. The number of carbonyl (C=O) groups excluding carboxylic acids is 12. The molecule has 6 fully saturated rings. The summed E-state index contributed by atoms with van der Waals surface area (Å²) in [6.07, 6.45) is 3.69. The standard InChI is InChI=1S/C69H104ClF3N12O12/c1-12-43(4)57-64(94)79(7)40-55(88)77(5)41-56(89)82(10)58(46-27-28-46)65(95)78(6)39-53(86)74-49(30-26-44-25-29-47(48(70)37-44)69(71,72)73)62(92)85-35-21-24-50(85)61(91)76-68(31-17-18-32-68)67(97)83(11)59(45-22-15-13-16-23-45)66(96)81(9)52(63(93)84-33-19-14-20-34-84)38-54(87)80(8)51(36-42(2)3)60(90)75-57/h25,29,37,42-43,45-46,49-52,57-59H,12-24,26-28,30-36,38-41H2,1-11H3,(H,74,86)(H,75,90)(H,76,91)/t43-,49-,50?,51-,52-,57-,58-,59-/m0/s1. The fourth-order valence-corrected chi connectivity index (χ4v) is 15.0. The third kappa shape index (κ3) is 19.0. The lowest BCUT2D eigenvalue weighted by Gasteiger charge is -2.43. The zero-order chi connectivity index (χ0) is 71.5. The van der Waals surface area contributed by atoms with Crippen LogP contribution in [0.15, 0.2) is 18.2 Å². The summed E-state index contributed by atoms with van der Waals surface area (Å²) in [4.78, 5) is 189. The highest BCUT2D eigenvalue weighted by Crippen LogP contribution is 2.39. The molecule has 3 aliphatic heterocycles. The minimum absolute atomic E-state index is 0.0398. The van der Waals surface area contributed by atoms with Crippen LogP contribution in [0.2, 0.25) is 5.02 Å². The van der Waals surface area contributed by atoms with E-state index in [-0.39, 0.29) is 56.9 Å². The van der Waals surface area contributed by atoms with Crippen molar-refractivity contribution in [2.24, 2.45) is 23.7 Å². The van der Waals surface area contributed by atoms with Crippen molar-refractivity contribution in [3.05, 3.63) is 34.3 Å². The first-order valence-electron chi connectivity index (χ1n) is 34.9. The second-order valence-corrected chi connectivity index (χ2v) is 29.1. The van der Waals surface area contributed by atoms with Crippen LogP contribution in [0.3, 0.4) is 0 Å². The van der Waals surface area contributed by atoms with Crippen LogP contribution in [-0.2, 0) is 70.1 Å². The molecular weight excluding hydrogens is 1280 g/mol. The molecule has 8 atom stereocenters. The number of nitrogens with zero attached hydrogens (tertiary/aromatic N) is 9. The first-order valence-corrected chi connectivity index (χ1v) is 35.2. The van der Waals surface area contributed by atoms with Gasteiger partial charge in [-0.05, 0) is 131 Å². The maximum Gasteiger partial charge on any atom is 0.417 e. The number of hydrogen-bond acceptors (Lipinski definition) is 12. The smallest absolute Gasteiger partial charge is 0.343 e. The molecule has 24 nitrogen and oxygen atoms in total. The van der Waals surface area contributed by atoms with Crippen LogP contribution in [0.25, 0.3) is 0 Å². The highest BCUT2D eigenvalue weighted by molar-refractivity contribution is 6.31. The fraction of sp³-hybridized carbons (Fsp3) is 0.739. The summed E-state index contributed by atoms with van der Waals surface area (Å²) in [6, 6.07) is -5.47. The molecule has 540 valence electrons. The van der Waals surface area contributed by atoms with E-state index in [0.29, 0.717) is 82.9 Å². The Morgan fingerprint density at radius 3 is 1.81 bits per heavy atom. The van der Waals surface area contributed by atoms with Crippen LogP contribution in [0, 0.1) is 23.7 Å². The lowest BCUT2D eigenvalue weighted by Crippen LogP contribution is -2.65. The highest BCUT2D eigenvalue weighted by Gasteiger charge is 2.52. The van der Waals surface area contributed by atoms with E-state index in [4.69, 9.17) is 11.6 Å². The molecule has 1 aromatic rings. The van der Waals surface area contributed by atoms with E-state index in [0.717, 1.165) is 52.5 Å². The molecule has 3 aliphatic carbocycles. The Kier molecular flexibility index (Phi) is 26.8. The molecule has 3 saturated heterocycles. The van der Waals surface area contributed by atoms with Crippen molar-refractivity contribution in [3.8, 4) is 0 Å². The third-order valence-corrected chi connectivity index (χ3v) is 21.4. The van der Waals surface area contributed by atoms with Gasteiger partial charge in [-0.15, -0.1) is 0 Å². The monoisotopic (exact) mass is 1380 g/mol. The summed E-state index contributed by atoms with van der Waals surface area (Å²) >= 11 is 6.13. The van der Waals surface area contributed by atoms with Crippen molar-refractivity contribution >= 4 is 82.5 Å². The lowest BCUT2D eigenvalue weighted by molar-refractivity contribution is -0.157. The van der Waals surface area contributed by atoms with Crippen LogP contribution in [0.5, 0.6) is 0 Å². The quantitative estimate of drug-likeness (QED) is 0.284. The second kappa shape index (κ2) is 33.7. The third-order valence-electron chi connectivity index (χ3n) is 21.1. The molecule has 0 radical (unpaired) electrons. The number of rotatable bonds is 10. The molecule has 97 heavy (non-hydrogen) atoms. The first-order chi connectivity index (χ1) is 45.7. The molecule has 3 N–H and O–H groups in total. The second-order valence-electron chi connectivity index (χ2n) is 28.7. The van der Waals surface area contributed by atoms with Gasteiger partial charge >= 0.3 is 6.18 Å². The molecule has 1 spiro atoms. The average molecular weight is 1390 g/mol. The Morgan fingerprint density at radius 1 is 0.619 bits per heavy atom. The number of likely N-dealkylation sites (N-methyl/N-ethyl adjacent to an activating group) is 7. The van der Waals surface area contributed by atoms with E-state index in [1.165, 1.54) is 79.9 Å². The predicted molar refractivity (Wildman–Crippen MR) is 355 cm³/mol. The summed E-state index contributed by atoms with van der Waals surface area (Å²) in [5, 5.41) is 8.13. The molecular formula is C69H104ClF3N12O12. The van der Waals surface area contributed by atoms with Crippen molar-refractivity contribution in [2.45, 2.75) is 217 Å². The highest BCUT2D eigenvalue weighted by atomic mass is 35.5. The van der Waals surface area contributed by atoms with Gasteiger partial charge in [-0.2, -0.15) is 13.2 Å². The lowest BCUT2D eigenvalue weighted by atomic mass is 9.81. The zero-order valence-electron chi connectivity index (χ0n) is 58.6. The Hall–Kier alpha value is -7.06. The van der Waals surface area contributed by atoms with E-state index < -0.39 is 173 Å². The molecule has 7 rings (SSSR count). The Balaban J connectivity index is 1.27. The molecule has 6 aliphatic rings. The molecule has 1 aromatic carbocycles. The zero-order valence-corrected chi connectivity index (χ0v) is 59.4. The summed E-state index contributed by atoms with van der Waals surface area (Å²) in [6.45, 7) is 6.45. The number of aryl methyl sites for hydroxylation is 1. The van der Waals surface area contributed by atoms with Crippen molar-refractivity contribution in [2.75, 3.05) is 88.6 Å². The Bertz CT molecular complexity index is 3060. The first kappa shape index (κ1) is 77.3. The van der Waals surface area contributed by atoms with E-state index >= 15 is 28.8 Å². The summed E-state index contributed by atoms with van der Waals surface area (Å²) < 4.78 is 41.4.